The number of imidazole rings is 1. The molecule has 110 valence electrons. The molecule has 0 fully saturated rings. The molecule has 6 heteroatoms. The van der Waals surface area contributed by atoms with Crippen molar-refractivity contribution in [3.05, 3.63) is 62.1 Å². The molecule has 0 radical (unpaired) electrons. The molecule has 0 bridgehead atoms. The summed E-state index contributed by atoms with van der Waals surface area (Å²) in [5, 5.41) is 0. The summed E-state index contributed by atoms with van der Waals surface area (Å²) in [5.41, 5.74) is 3.44. The van der Waals surface area contributed by atoms with Crippen LogP contribution in [0, 0.1) is 0 Å². The Bertz CT molecular complexity index is 1070. The third-order valence-electron chi connectivity index (χ3n) is 4.16. The lowest BCUT2D eigenvalue weighted by molar-refractivity contribution is 0.708. The number of benzene rings is 1. The van der Waals surface area contributed by atoms with E-state index in [-0.39, 0.29) is 11.2 Å². The third kappa shape index (κ3) is 1.64. The molecule has 0 amide bonds. The van der Waals surface area contributed by atoms with Gasteiger partial charge in [0.05, 0.1) is 0 Å². The van der Waals surface area contributed by atoms with Crippen LogP contribution in [0.3, 0.4) is 0 Å². The van der Waals surface area contributed by atoms with E-state index in [9.17, 15) is 9.59 Å². The SMILES string of the molecule is Cn1c(=O)c2[nH]c(C3=Cc4ccccc4C3)nc2n(C)c1=O. The Balaban J connectivity index is 1.93. The standard InChI is InChI=1S/C16H14N4O2/c1-19-14-12(15(21)20(2)16(19)22)17-13(18-14)11-7-9-5-3-4-6-10(9)8-11/h3-7H,8H2,1-2H3,(H,17,18). The van der Waals surface area contributed by atoms with Crippen LogP contribution in [0.25, 0.3) is 22.8 Å². The Morgan fingerprint density at radius 1 is 1.14 bits per heavy atom. The number of aromatic amines is 1. The first-order valence-electron chi connectivity index (χ1n) is 7.01. The van der Waals surface area contributed by atoms with Crippen molar-refractivity contribution in [1.82, 2.24) is 19.1 Å². The van der Waals surface area contributed by atoms with Crippen LogP contribution in [-0.4, -0.2) is 19.1 Å². The van der Waals surface area contributed by atoms with E-state index in [1.54, 1.807) is 7.05 Å². The summed E-state index contributed by atoms with van der Waals surface area (Å²) in [6.07, 6.45) is 2.83. The monoisotopic (exact) mass is 294 g/mol. The van der Waals surface area contributed by atoms with Crippen LogP contribution in [-0.2, 0) is 20.5 Å². The number of hydrogen-bond acceptors (Lipinski definition) is 3. The zero-order chi connectivity index (χ0) is 15.4. The van der Waals surface area contributed by atoms with Gasteiger partial charge in [-0.3, -0.25) is 13.9 Å². The van der Waals surface area contributed by atoms with Crippen LogP contribution in [0.1, 0.15) is 17.0 Å². The fourth-order valence-corrected chi connectivity index (χ4v) is 2.91. The molecule has 3 aromatic rings. The average molecular weight is 294 g/mol. The van der Waals surface area contributed by atoms with E-state index in [1.807, 2.05) is 12.1 Å². The van der Waals surface area contributed by atoms with E-state index in [2.05, 4.69) is 28.2 Å². The minimum Gasteiger partial charge on any atom is -0.332 e. The molecule has 0 saturated carbocycles. The zero-order valence-corrected chi connectivity index (χ0v) is 12.3. The maximum absolute atomic E-state index is 12.2. The highest BCUT2D eigenvalue weighted by Gasteiger charge is 2.19. The molecule has 0 saturated heterocycles. The molecule has 1 aliphatic rings. The van der Waals surface area contributed by atoms with Crippen LogP contribution in [0.2, 0.25) is 0 Å². The summed E-state index contributed by atoms with van der Waals surface area (Å²) >= 11 is 0. The summed E-state index contributed by atoms with van der Waals surface area (Å²) in [6, 6.07) is 8.14. The van der Waals surface area contributed by atoms with Gasteiger partial charge >= 0.3 is 5.69 Å². The Morgan fingerprint density at radius 3 is 2.68 bits per heavy atom. The first-order chi connectivity index (χ1) is 10.6. The number of rotatable bonds is 1. The van der Waals surface area contributed by atoms with Crippen LogP contribution >= 0.6 is 0 Å². The van der Waals surface area contributed by atoms with Crippen LogP contribution < -0.4 is 11.2 Å². The Kier molecular flexibility index (Phi) is 2.51. The van der Waals surface area contributed by atoms with E-state index in [0.29, 0.717) is 17.0 Å². The predicted molar refractivity (Wildman–Crippen MR) is 84.6 cm³/mol. The largest absolute Gasteiger partial charge is 0.332 e. The van der Waals surface area contributed by atoms with E-state index in [0.717, 1.165) is 16.6 Å². The third-order valence-corrected chi connectivity index (χ3v) is 4.16. The van der Waals surface area contributed by atoms with Crippen molar-refractivity contribution in [3.63, 3.8) is 0 Å². The molecule has 2 heterocycles. The minimum atomic E-state index is -0.376. The number of fused-ring (bicyclic) bond motifs is 2. The highest BCUT2D eigenvalue weighted by Crippen LogP contribution is 2.30. The second-order valence-corrected chi connectivity index (χ2v) is 5.53. The molecule has 4 rings (SSSR count). The molecule has 0 spiro atoms. The van der Waals surface area contributed by atoms with Crippen molar-refractivity contribution >= 4 is 22.8 Å². The minimum absolute atomic E-state index is 0.354. The van der Waals surface area contributed by atoms with Crippen molar-refractivity contribution in [1.29, 1.82) is 0 Å². The van der Waals surface area contributed by atoms with Crippen molar-refractivity contribution in [3.8, 4) is 0 Å². The predicted octanol–water partition coefficient (Wildman–Crippen LogP) is 1.06. The fraction of sp³-hybridized carbons (Fsp3) is 0.188. The lowest BCUT2D eigenvalue weighted by atomic mass is 10.1. The number of hydrogen-bond donors (Lipinski definition) is 1. The van der Waals surface area contributed by atoms with Gasteiger partial charge in [0.25, 0.3) is 5.56 Å². The van der Waals surface area contributed by atoms with Gasteiger partial charge in [0, 0.05) is 20.5 Å². The number of allylic oxidation sites excluding steroid dienone is 1. The number of aryl methyl sites for hydroxylation is 1. The van der Waals surface area contributed by atoms with E-state index in [1.165, 1.54) is 22.7 Å². The molecule has 0 unspecified atom stereocenters. The topological polar surface area (TPSA) is 72.7 Å². The summed E-state index contributed by atoms with van der Waals surface area (Å²) in [7, 11) is 3.09. The molecule has 0 aliphatic heterocycles. The molecule has 0 atom stereocenters. The highest BCUT2D eigenvalue weighted by molar-refractivity contribution is 5.88. The highest BCUT2D eigenvalue weighted by atomic mass is 16.2. The zero-order valence-electron chi connectivity index (χ0n) is 12.3. The second kappa shape index (κ2) is 4.30. The summed E-state index contributed by atoms with van der Waals surface area (Å²) < 4.78 is 2.47. The van der Waals surface area contributed by atoms with E-state index in [4.69, 9.17) is 0 Å². The fourth-order valence-electron chi connectivity index (χ4n) is 2.91. The molecule has 22 heavy (non-hydrogen) atoms. The van der Waals surface area contributed by atoms with Gasteiger partial charge in [-0.05, 0) is 22.8 Å². The summed E-state index contributed by atoms with van der Waals surface area (Å²) in [6.45, 7) is 0. The van der Waals surface area contributed by atoms with Crippen molar-refractivity contribution in [2.45, 2.75) is 6.42 Å². The lowest BCUT2D eigenvalue weighted by Gasteiger charge is -2.00. The molecule has 1 N–H and O–H groups in total. The molecular weight excluding hydrogens is 280 g/mol. The molecular formula is C16H14N4O2. The van der Waals surface area contributed by atoms with E-state index >= 15 is 0 Å². The van der Waals surface area contributed by atoms with Crippen LogP contribution in [0.4, 0.5) is 0 Å². The molecule has 2 aromatic heterocycles. The van der Waals surface area contributed by atoms with Gasteiger partial charge in [-0.25, -0.2) is 9.78 Å². The molecule has 1 aliphatic carbocycles. The summed E-state index contributed by atoms with van der Waals surface area (Å²) in [4.78, 5) is 31.7. The average Bonchev–Trinajstić information content (AvgIpc) is 3.14. The van der Waals surface area contributed by atoms with Crippen molar-refractivity contribution < 1.29 is 0 Å². The quantitative estimate of drug-likeness (QED) is 0.729. The Labute approximate surface area is 125 Å². The van der Waals surface area contributed by atoms with Crippen LogP contribution in [0.15, 0.2) is 33.9 Å². The second-order valence-electron chi connectivity index (χ2n) is 5.53. The van der Waals surface area contributed by atoms with Gasteiger partial charge in [0.15, 0.2) is 5.65 Å². The van der Waals surface area contributed by atoms with Gasteiger partial charge in [0.2, 0.25) is 0 Å². The van der Waals surface area contributed by atoms with Gasteiger partial charge < -0.3 is 4.98 Å². The molecule has 6 nitrogen and oxygen atoms in total. The maximum Gasteiger partial charge on any atom is 0.332 e. The van der Waals surface area contributed by atoms with Crippen molar-refractivity contribution in [2.75, 3.05) is 0 Å². The molecule has 1 aromatic carbocycles. The smallest absolute Gasteiger partial charge is 0.332 e. The van der Waals surface area contributed by atoms with Gasteiger partial charge in [-0.15, -0.1) is 0 Å². The normalized spacial score (nSPS) is 13.5. The van der Waals surface area contributed by atoms with Gasteiger partial charge in [-0.1, -0.05) is 24.3 Å². The van der Waals surface area contributed by atoms with E-state index < -0.39 is 0 Å². The Morgan fingerprint density at radius 2 is 1.91 bits per heavy atom. The van der Waals surface area contributed by atoms with Crippen LogP contribution in [0.5, 0.6) is 0 Å². The lowest BCUT2D eigenvalue weighted by Crippen LogP contribution is -2.36. The number of H-pyrrole nitrogens is 1. The number of nitrogens with zero attached hydrogens (tertiary/aromatic N) is 3. The van der Waals surface area contributed by atoms with Gasteiger partial charge in [-0.2, -0.15) is 0 Å². The number of aromatic nitrogens is 4. The summed E-state index contributed by atoms with van der Waals surface area (Å²) in [5.74, 6) is 0.643. The van der Waals surface area contributed by atoms with Gasteiger partial charge in [0.1, 0.15) is 11.3 Å². The first-order valence-corrected chi connectivity index (χ1v) is 7.01. The Hall–Kier alpha value is -2.89. The van der Waals surface area contributed by atoms with Crippen molar-refractivity contribution in [2.24, 2.45) is 14.1 Å². The number of nitrogens with one attached hydrogen (secondary N) is 1. The maximum atomic E-state index is 12.2. The first kappa shape index (κ1) is 12.8.